The van der Waals surface area contributed by atoms with E-state index in [9.17, 15) is 4.79 Å². The van der Waals surface area contributed by atoms with E-state index < -0.39 is 0 Å². The quantitative estimate of drug-likeness (QED) is 0.861. The van der Waals surface area contributed by atoms with E-state index in [0.717, 1.165) is 13.0 Å². The summed E-state index contributed by atoms with van der Waals surface area (Å²) in [5.41, 5.74) is 1.28. The zero-order valence-electron chi connectivity index (χ0n) is 10.1. The average Bonchev–Trinajstić information content (AvgIpc) is 2.81. The van der Waals surface area contributed by atoms with Crippen molar-refractivity contribution in [3.05, 3.63) is 47.5 Å². The molecule has 0 saturated heterocycles. The first kappa shape index (κ1) is 12.6. The Kier molecular flexibility index (Phi) is 3.99. The Morgan fingerprint density at radius 2 is 2.28 bits per heavy atom. The van der Waals surface area contributed by atoms with Gasteiger partial charge in [-0.3, -0.25) is 4.79 Å². The molecular formula is C13H14ClN3O. The van der Waals surface area contributed by atoms with Gasteiger partial charge in [0, 0.05) is 12.7 Å². The van der Waals surface area contributed by atoms with Gasteiger partial charge in [-0.15, -0.1) is 0 Å². The summed E-state index contributed by atoms with van der Waals surface area (Å²) in [5.74, 6) is -0.141. The Hall–Kier alpha value is -1.81. The second-order valence-electron chi connectivity index (χ2n) is 3.91. The summed E-state index contributed by atoms with van der Waals surface area (Å²) in [6.07, 6.45) is 4.42. The first-order chi connectivity index (χ1) is 8.70. The van der Waals surface area contributed by atoms with Gasteiger partial charge >= 0.3 is 0 Å². The maximum absolute atomic E-state index is 12.1. The largest absolute Gasteiger partial charge is 0.344 e. The van der Waals surface area contributed by atoms with Gasteiger partial charge in [-0.1, -0.05) is 18.5 Å². The lowest BCUT2D eigenvalue weighted by Crippen LogP contribution is -2.16. The number of nitrogens with one attached hydrogen (secondary N) is 1. The molecule has 5 heteroatoms. The predicted octanol–water partition coefficient (Wildman–Crippen LogP) is 3.20. The van der Waals surface area contributed by atoms with Crippen LogP contribution >= 0.6 is 11.6 Å². The van der Waals surface area contributed by atoms with Crippen LogP contribution in [0.1, 0.15) is 23.8 Å². The molecule has 18 heavy (non-hydrogen) atoms. The van der Waals surface area contributed by atoms with Crippen molar-refractivity contribution in [2.24, 2.45) is 0 Å². The van der Waals surface area contributed by atoms with Crippen molar-refractivity contribution >= 4 is 23.2 Å². The van der Waals surface area contributed by atoms with Crippen LogP contribution in [0, 0.1) is 0 Å². The molecule has 0 fully saturated rings. The minimum Gasteiger partial charge on any atom is -0.344 e. The van der Waals surface area contributed by atoms with Crippen molar-refractivity contribution in [3.63, 3.8) is 0 Å². The van der Waals surface area contributed by atoms with Gasteiger partial charge in [-0.25, -0.2) is 4.98 Å². The van der Waals surface area contributed by atoms with Gasteiger partial charge in [0.05, 0.1) is 11.9 Å². The van der Waals surface area contributed by atoms with E-state index in [-0.39, 0.29) is 5.91 Å². The fraction of sp³-hybridized carbons (Fsp3) is 0.231. The Morgan fingerprint density at radius 3 is 2.94 bits per heavy atom. The van der Waals surface area contributed by atoms with E-state index in [0.29, 0.717) is 16.5 Å². The van der Waals surface area contributed by atoms with E-state index in [1.54, 1.807) is 18.2 Å². The minimum atomic E-state index is -0.141. The molecule has 94 valence electrons. The summed E-state index contributed by atoms with van der Waals surface area (Å²) in [6, 6.07) is 7.03. The van der Waals surface area contributed by atoms with Crippen molar-refractivity contribution in [2.75, 3.05) is 5.32 Å². The summed E-state index contributed by atoms with van der Waals surface area (Å²) in [7, 11) is 0. The van der Waals surface area contributed by atoms with Gasteiger partial charge in [0.2, 0.25) is 0 Å². The number of hydrogen-bond acceptors (Lipinski definition) is 2. The number of carbonyl (C=O) groups is 1. The lowest BCUT2D eigenvalue weighted by Gasteiger charge is -2.08. The second-order valence-corrected chi connectivity index (χ2v) is 4.30. The standard InChI is InChI=1S/C13H14ClN3O/c1-2-7-17-8-3-4-11(17)13(18)16-10-5-6-12(14)15-9-10/h3-6,8-9H,2,7H2,1H3,(H,16,18). The molecule has 0 spiro atoms. The Labute approximate surface area is 111 Å². The number of amides is 1. The van der Waals surface area contributed by atoms with E-state index >= 15 is 0 Å². The fourth-order valence-corrected chi connectivity index (χ4v) is 1.81. The molecule has 2 aromatic heterocycles. The summed E-state index contributed by atoms with van der Waals surface area (Å²) >= 11 is 5.69. The third-order valence-electron chi connectivity index (χ3n) is 2.51. The Morgan fingerprint density at radius 1 is 1.44 bits per heavy atom. The van der Waals surface area contributed by atoms with Crippen molar-refractivity contribution in [1.82, 2.24) is 9.55 Å². The highest BCUT2D eigenvalue weighted by atomic mass is 35.5. The smallest absolute Gasteiger partial charge is 0.272 e. The monoisotopic (exact) mass is 263 g/mol. The van der Waals surface area contributed by atoms with Gasteiger partial charge in [0.1, 0.15) is 10.8 Å². The highest BCUT2D eigenvalue weighted by Gasteiger charge is 2.10. The molecule has 0 aliphatic heterocycles. The van der Waals surface area contributed by atoms with Crippen LogP contribution in [-0.4, -0.2) is 15.5 Å². The van der Waals surface area contributed by atoms with Crippen LogP contribution in [0.3, 0.4) is 0 Å². The number of rotatable bonds is 4. The molecule has 1 amide bonds. The van der Waals surface area contributed by atoms with Gasteiger partial charge in [-0.05, 0) is 30.7 Å². The molecule has 2 rings (SSSR count). The number of pyridine rings is 1. The van der Waals surface area contributed by atoms with Crippen LogP contribution < -0.4 is 5.32 Å². The minimum absolute atomic E-state index is 0.141. The van der Waals surface area contributed by atoms with E-state index in [1.807, 2.05) is 16.8 Å². The zero-order chi connectivity index (χ0) is 13.0. The molecular weight excluding hydrogens is 250 g/mol. The molecule has 1 N–H and O–H groups in total. The zero-order valence-corrected chi connectivity index (χ0v) is 10.8. The molecule has 0 bridgehead atoms. The fourth-order valence-electron chi connectivity index (χ4n) is 1.70. The first-order valence-corrected chi connectivity index (χ1v) is 6.16. The molecule has 0 aromatic carbocycles. The Balaban J connectivity index is 2.11. The number of anilines is 1. The second kappa shape index (κ2) is 5.69. The number of aryl methyl sites for hydroxylation is 1. The van der Waals surface area contributed by atoms with Crippen LogP contribution in [0.15, 0.2) is 36.7 Å². The Bertz CT molecular complexity index is 533. The van der Waals surface area contributed by atoms with Crippen LogP contribution in [0.2, 0.25) is 5.15 Å². The number of halogens is 1. The summed E-state index contributed by atoms with van der Waals surface area (Å²) in [4.78, 5) is 16.0. The molecule has 0 aliphatic rings. The van der Waals surface area contributed by atoms with Crippen molar-refractivity contribution < 1.29 is 4.79 Å². The van der Waals surface area contributed by atoms with E-state index in [2.05, 4.69) is 17.2 Å². The lowest BCUT2D eigenvalue weighted by molar-refractivity contribution is 0.101. The van der Waals surface area contributed by atoms with Gasteiger partial charge in [-0.2, -0.15) is 0 Å². The number of nitrogens with zero attached hydrogens (tertiary/aromatic N) is 2. The van der Waals surface area contributed by atoms with Crippen LogP contribution in [0.5, 0.6) is 0 Å². The predicted molar refractivity (Wildman–Crippen MR) is 71.9 cm³/mol. The number of aromatic nitrogens is 2. The third-order valence-corrected chi connectivity index (χ3v) is 2.74. The normalized spacial score (nSPS) is 10.3. The van der Waals surface area contributed by atoms with E-state index in [4.69, 9.17) is 11.6 Å². The van der Waals surface area contributed by atoms with Crippen molar-refractivity contribution in [2.45, 2.75) is 19.9 Å². The van der Waals surface area contributed by atoms with Crippen LogP contribution in [-0.2, 0) is 6.54 Å². The van der Waals surface area contributed by atoms with Crippen LogP contribution in [0.4, 0.5) is 5.69 Å². The van der Waals surface area contributed by atoms with Crippen molar-refractivity contribution in [1.29, 1.82) is 0 Å². The van der Waals surface area contributed by atoms with Gasteiger partial charge in [0.15, 0.2) is 0 Å². The van der Waals surface area contributed by atoms with Gasteiger partial charge < -0.3 is 9.88 Å². The summed E-state index contributed by atoms with van der Waals surface area (Å²) in [5, 5.41) is 3.19. The first-order valence-electron chi connectivity index (χ1n) is 5.78. The molecule has 4 nitrogen and oxygen atoms in total. The van der Waals surface area contributed by atoms with Crippen molar-refractivity contribution in [3.8, 4) is 0 Å². The molecule has 2 aromatic rings. The molecule has 0 saturated carbocycles. The van der Waals surface area contributed by atoms with Crippen LogP contribution in [0.25, 0.3) is 0 Å². The topological polar surface area (TPSA) is 46.9 Å². The maximum atomic E-state index is 12.1. The molecule has 0 atom stereocenters. The third kappa shape index (κ3) is 2.90. The highest BCUT2D eigenvalue weighted by Crippen LogP contribution is 2.12. The lowest BCUT2D eigenvalue weighted by atomic mass is 10.3. The molecule has 0 aliphatic carbocycles. The van der Waals surface area contributed by atoms with E-state index in [1.165, 1.54) is 6.20 Å². The highest BCUT2D eigenvalue weighted by molar-refractivity contribution is 6.29. The molecule has 2 heterocycles. The molecule has 0 radical (unpaired) electrons. The number of carbonyl (C=O) groups excluding carboxylic acids is 1. The number of hydrogen-bond donors (Lipinski definition) is 1. The molecule has 0 unspecified atom stereocenters. The SMILES string of the molecule is CCCn1cccc1C(=O)Nc1ccc(Cl)nc1. The summed E-state index contributed by atoms with van der Waals surface area (Å²) < 4.78 is 1.93. The van der Waals surface area contributed by atoms with Gasteiger partial charge in [0.25, 0.3) is 5.91 Å². The average molecular weight is 264 g/mol. The maximum Gasteiger partial charge on any atom is 0.272 e. The summed E-state index contributed by atoms with van der Waals surface area (Å²) in [6.45, 7) is 2.90.